The molecule has 4 atom stereocenters. The van der Waals surface area contributed by atoms with Crippen molar-refractivity contribution in [2.24, 2.45) is 5.92 Å². The minimum atomic E-state index is 0.835. The lowest BCUT2D eigenvalue weighted by molar-refractivity contribution is 0.0455. The molecule has 2 saturated heterocycles. The molecule has 2 heteroatoms. The molecule has 3 fully saturated rings. The van der Waals surface area contributed by atoms with Crippen molar-refractivity contribution >= 4 is 0 Å². The molecule has 0 aromatic heterocycles. The fourth-order valence-electron chi connectivity index (χ4n) is 4.96. The first kappa shape index (κ1) is 13.9. The van der Waals surface area contributed by atoms with Gasteiger partial charge in [-0.1, -0.05) is 26.7 Å². The van der Waals surface area contributed by atoms with Gasteiger partial charge < -0.3 is 5.32 Å². The highest BCUT2D eigenvalue weighted by Gasteiger charge is 2.39. The summed E-state index contributed by atoms with van der Waals surface area (Å²) in [5.74, 6) is 0.924. The van der Waals surface area contributed by atoms with E-state index < -0.39 is 0 Å². The summed E-state index contributed by atoms with van der Waals surface area (Å²) in [4.78, 5) is 2.94. The van der Waals surface area contributed by atoms with Gasteiger partial charge in [0.2, 0.25) is 0 Å². The summed E-state index contributed by atoms with van der Waals surface area (Å²) < 4.78 is 0. The highest BCUT2D eigenvalue weighted by atomic mass is 15.2. The van der Waals surface area contributed by atoms with Crippen molar-refractivity contribution in [3.8, 4) is 0 Å². The first-order valence-corrected chi connectivity index (χ1v) is 8.79. The third-order valence-electron chi connectivity index (χ3n) is 5.89. The molecule has 2 nitrogen and oxygen atoms in total. The molecular formula is C17H32N2. The minimum Gasteiger partial charge on any atom is -0.311 e. The van der Waals surface area contributed by atoms with Gasteiger partial charge in [0.1, 0.15) is 0 Å². The molecule has 2 aliphatic heterocycles. The molecule has 3 aliphatic rings. The largest absolute Gasteiger partial charge is 0.311 e. The van der Waals surface area contributed by atoms with Gasteiger partial charge in [-0.3, -0.25) is 4.90 Å². The van der Waals surface area contributed by atoms with Crippen molar-refractivity contribution in [3.05, 3.63) is 0 Å². The van der Waals surface area contributed by atoms with Crippen LogP contribution in [0.15, 0.2) is 0 Å². The molecule has 110 valence electrons. The maximum atomic E-state index is 3.80. The van der Waals surface area contributed by atoms with Gasteiger partial charge in [-0.05, 0) is 57.4 Å². The predicted molar refractivity (Wildman–Crippen MR) is 81.4 cm³/mol. The molecule has 2 bridgehead atoms. The molecular weight excluding hydrogens is 232 g/mol. The van der Waals surface area contributed by atoms with Crippen molar-refractivity contribution in [1.29, 1.82) is 0 Å². The molecule has 1 aliphatic carbocycles. The van der Waals surface area contributed by atoms with Crippen LogP contribution in [0.25, 0.3) is 0 Å². The van der Waals surface area contributed by atoms with Gasteiger partial charge in [0, 0.05) is 24.2 Å². The van der Waals surface area contributed by atoms with Crippen LogP contribution < -0.4 is 5.32 Å². The number of hydrogen-bond donors (Lipinski definition) is 1. The van der Waals surface area contributed by atoms with Crippen molar-refractivity contribution in [2.45, 2.75) is 95.8 Å². The molecule has 3 rings (SSSR count). The van der Waals surface area contributed by atoms with E-state index in [4.69, 9.17) is 0 Å². The van der Waals surface area contributed by atoms with Crippen molar-refractivity contribution in [3.63, 3.8) is 0 Å². The third kappa shape index (κ3) is 3.00. The zero-order chi connectivity index (χ0) is 13.2. The smallest absolute Gasteiger partial charge is 0.0128 e. The summed E-state index contributed by atoms with van der Waals surface area (Å²) in [5.41, 5.74) is 0. The van der Waals surface area contributed by atoms with Crippen molar-refractivity contribution in [1.82, 2.24) is 10.2 Å². The van der Waals surface area contributed by atoms with Crippen LogP contribution in [0.4, 0.5) is 0 Å². The Bertz CT molecular complexity index is 279. The van der Waals surface area contributed by atoms with E-state index in [2.05, 4.69) is 24.1 Å². The van der Waals surface area contributed by atoms with E-state index >= 15 is 0 Å². The fraction of sp³-hybridized carbons (Fsp3) is 1.00. The Balaban J connectivity index is 1.69. The van der Waals surface area contributed by atoms with Crippen LogP contribution in [-0.4, -0.2) is 35.6 Å². The van der Waals surface area contributed by atoms with E-state index in [1.165, 1.54) is 64.3 Å². The molecule has 0 aromatic rings. The number of rotatable bonds is 4. The summed E-state index contributed by atoms with van der Waals surface area (Å²) in [7, 11) is 0. The molecule has 1 N–H and O–H groups in total. The van der Waals surface area contributed by atoms with E-state index in [1.54, 1.807) is 0 Å². The van der Waals surface area contributed by atoms with Gasteiger partial charge in [-0.2, -0.15) is 0 Å². The molecule has 0 spiro atoms. The lowest BCUT2D eigenvalue weighted by Gasteiger charge is -2.46. The van der Waals surface area contributed by atoms with Crippen LogP contribution in [0, 0.1) is 5.92 Å². The van der Waals surface area contributed by atoms with Gasteiger partial charge in [0.05, 0.1) is 0 Å². The van der Waals surface area contributed by atoms with Crippen LogP contribution in [0.3, 0.4) is 0 Å². The van der Waals surface area contributed by atoms with E-state index in [0.717, 1.165) is 30.1 Å². The van der Waals surface area contributed by atoms with E-state index in [0.29, 0.717) is 0 Å². The lowest BCUT2D eigenvalue weighted by Crippen LogP contribution is -2.53. The standard InChI is InChI=1S/C17H32N2/c1-3-10-19(17-7-5-4-6-13(17)2)16-11-14-8-9-15(12-16)18-14/h13-18H,3-12H2,1-2H3. The van der Waals surface area contributed by atoms with Crippen LogP contribution in [0.2, 0.25) is 0 Å². The summed E-state index contributed by atoms with van der Waals surface area (Å²) in [6, 6.07) is 3.43. The second-order valence-electron chi connectivity index (χ2n) is 7.33. The Morgan fingerprint density at radius 3 is 2.32 bits per heavy atom. The first-order valence-electron chi connectivity index (χ1n) is 8.79. The average molecular weight is 264 g/mol. The summed E-state index contributed by atoms with van der Waals surface area (Å²) in [6.45, 7) is 6.19. The second kappa shape index (κ2) is 6.13. The summed E-state index contributed by atoms with van der Waals surface area (Å²) in [5, 5.41) is 3.80. The van der Waals surface area contributed by atoms with E-state index in [-0.39, 0.29) is 0 Å². The number of nitrogens with one attached hydrogen (secondary N) is 1. The Kier molecular flexibility index (Phi) is 4.48. The van der Waals surface area contributed by atoms with Crippen molar-refractivity contribution < 1.29 is 0 Å². The Morgan fingerprint density at radius 2 is 1.68 bits per heavy atom. The number of nitrogens with zero attached hydrogens (tertiary/aromatic N) is 1. The van der Waals surface area contributed by atoms with Crippen LogP contribution in [0.1, 0.15) is 71.6 Å². The maximum absolute atomic E-state index is 3.80. The number of hydrogen-bond acceptors (Lipinski definition) is 2. The predicted octanol–water partition coefficient (Wildman–Crippen LogP) is 3.56. The van der Waals surface area contributed by atoms with Crippen molar-refractivity contribution in [2.75, 3.05) is 6.54 Å². The van der Waals surface area contributed by atoms with Gasteiger partial charge >= 0.3 is 0 Å². The van der Waals surface area contributed by atoms with Gasteiger partial charge in [-0.15, -0.1) is 0 Å². The van der Waals surface area contributed by atoms with E-state index in [9.17, 15) is 0 Å². The maximum Gasteiger partial charge on any atom is 0.0128 e. The molecule has 2 heterocycles. The second-order valence-corrected chi connectivity index (χ2v) is 7.33. The monoisotopic (exact) mass is 264 g/mol. The summed E-state index contributed by atoms with van der Waals surface area (Å²) in [6.07, 6.45) is 12.9. The third-order valence-corrected chi connectivity index (χ3v) is 5.89. The highest BCUT2D eigenvalue weighted by Crippen LogP contribution is 2.35. The Morgan fingerprint density at radius 1 is 1.00 bits per heavy atom. The van der Waals surface area contributed by atoms with E-state index in [1.807, 2.05) is 0 Å². The molecule has 4 unspecified atom stereocenters. The Hall–Kier alpha value is -0.0800. The van der Waals surface area contributed by atoms with Gasteiger partial charge in [0.15, 0.2) is 0 Å². The van der Waals surface area contributed by atoms with Gasteiger partial charge in [0.25, 0.3) is 0 Å². The highest BCUT2D eigenvalue weighted by molar-refractivity contribution is 4.97. The Labute approximate surface area is 119 Å². The van der Waals surface area contributed by atoms with Gasteiger partial charge in [-0.25, -0.2) is 0 Å². The normalized spacial score (nSPS) is 42.8. The zero-order valence-electron chi connectivity index (χ0n) is 12.9. The minimum absolute atomic E-state index is 0.835. The SMILES string of the molecule is CCCN(C1CC2CCC(C1)N2)C1CCCCC1C. The summed E-state index contributed by atoms with van der Waals surface area (Å²) >= 11 is 0. The molecule has 19 heavy (non-hydrogen) atoms. The molecule has 0 radical (unpaired) electrons. The molecule has 1 saturated carbocycles. The topological polar surface area (TPSA) is 15.3 Å². The van der Waals surface area contributed by atoms with Crippen LogP contribution >= 0.6 is 0 Å². The number of fused-ring (bicyclic) bond motifs is 2. The molecule has 0 aromatic carbocycles. The number of piperidine rings is 1. The van der Waals surface area contributed by atoms with Crippen LogP contribution in [-0.2, 0) is 0 Å². The first-order chi connectivity index (χ1) is 9.28. The average Bonchev–Trinajstić information content (AvgIpc) is 2.76. The lowest BCUT2D eigenvalue weighted by atomic mass is 9.83. The zero-order valence-corrected chi connectivity index (χ0v) is 12.9. The van der Waals surface area contributed by atoms with Crippen LogP contribution in [0.5, 0.6) is 0 Å². The molecule has 0 amide bonds. The quantitative estimate of drug-likeness (QED) is 0.835. The fourth-order valence-corrected chi connectivity index (χ4v) is 4.96.